The lowest BCUT2D eigenvalue weighted by Crippen LogP contribution is -2.21. The molecule has 220 valence electrons. The largest absolute Gasteiger partial charge is 0.496 e. The Hall–Kier alpha value is -5.12. The molecule has 3 N–H and O–H groups in total. The number of hydrogen-bond acceptors (Lipinski definition) is 11. The molecule has 0 radical (unpaired) electrons. The molecule has 2 aromatic carbocycles. The van der Waals surface area contributed by atoms with Crippen LogP contribution in [-0.2, 0) is 40.9 Å². The van der Waals surface area contributed by atoms with E-state index < -0.39 is 16.1 Å². The highest BCUT2D eigenvalue weighted by atomic mass is 32.2. The zero-order valence-electron chi connectivity index (χ0n) is 22.9. The molecule has 0 aliphatic heterocycles. The topological polar surface area (TPSA) is 188 Å². The molecule has 42 heavy (non-hydrogen) atoms. The van der Waals surface area contributed by atoms with E-state index in [4.69, 9.17) is 14.0 Å². The van der Waals surface area contributed by atoms with Crippen molar-refractivity contribution in [3.05, 3.63) is 71.6 Å². The minimum atomic E-state index is -4.18. The Balaban J connectivity index is 1.39. The number of alkyl carbamates (subject to hydrolysis) is 1. The average molecular weight is 597 g/mol. The van der Waals surface area contributed by atoms with Crippen LogP contribution < -0.4 is 19.5 Å². The first kappa shape index (κ1) is 28.4. The van der Waals surface area contributed by atoms with E-state index in [9.17, 15) is 13.2 Å². The number of ether oxygens (including phenoxy) is 3. The van der Waals surface area contributed by atoms with E-state index in [0.717, 1.165) is 16.7 Å². The standard InChI is InChI=1S/C26H28N8O7S/c1-4-16-5-6-19(40-14-23-28-15-29-31-23)22(9-16)42(36,37)33-25-24-20(38-2)7-17(8-21(24)41-32-25)12-34-13-18(11-30-34)10-27-26(35)39-3/h5-9,11,13,15H,4,10,12,14H2,1-3H3,(H,27,35)(H,32,33)(H,28,29,31). The number of sulfonamides is 1. The first-order chi connectivity index (χ1) is 20.3. The number of methoxy groups -OCH3 is 2. The van der Waals surface area contributed by atoms with Crippen molar-refractivity contribution in [2.75, 3.05) is 18.9 Å². The molecule has 3 aromatic heterocycles. The maximum Gasteiger partial charge on any atom is 0.407 e. The Labute approximate surface area is 240 Å². The van der Waals surface area contributed by atoms with Gasteiger partial charge in [-0.05, 0) is 41.8 Å². The summed E-state index contributed by atoms with van der Waals surface area (Å²) in [7, 11) is -1.42. The Morgan fingerprint density at radius 2 is 1.98 bits per heavy atom. The number of hydrogen-bond donors (Lipinski definition) is 3. The van der Waals surface area contributed by atoms with Crippen LogP contribution in [0.25, 0.3) is 11.0 Å². The van der Waals surface area contributed by atoms with Gasteiger partial charge in [0.25, 0.3) is 10.0 Å². The smallest absolute Gasteiger partial charge is 0.407 e. The normalized spacial score (nSPS) is 11.4. The molecule has 0 saturated heterocycles. The van der Waals surface area contributed by atoms with Crippen LogP contribution in [0, 0.1) is 0 Å². The third-order valence-corrected chi connectivity index (χ3v) is 7.59. The van der Waals surface area contributed by atoms with E-state index in [0.29, 0.717) is 35.5 Å². The molecule has 0 spiro atoms. The van der Waals surface area contributed by atoms with Crippen LogP contribution >= 0.6 is 0 Å². The number of aromatic amines is 1. The predicted molar refractivity (Wildman–Crippen MR) is 148 cm³/mol. The van der Waals surface area contributed by atoms with E-state index in [1.54, 1.807) is 47.4 Å². The third-order valence-electron chi connectivity index (χ3n) is 6.23. The van der Waals surface area contributed by atoms with Crippen molar-refractivity contribution in [3.8, 4) is 11.5 Å². The summed E-state index contributed by atoms with van der Waals surface area (Å²) in [6, 6.07) is 8.40. The molecule has 0 atom stereocenters. The molecule has 5 rings (SSSR count). The van der Waals surface area contributed by atoms with Crippen LogP contribution in [0.15, 0.2) is 58.5 Å². The third kappa shape index (κ3) is 6.27. The number of nitrogens with zero attached hydrogens (tertiary/aromatic N) is 5. The summed E-state index contributed by atoms with van der Waals surface area (Å²) in [6.07, 6.45) is 4.89. The van der Waals surface area contributed by atoms with E-state index in [-0.39, 0.29) is 29.6 Å². The maximum atomic E-state index is 13.6. The van der Waals surface area contributed by atoms with E-state index in [2.05, 4.69) is 40.2 Å². The van der Waals surface area contributed by atoms with Crippen LogP contribution in [0.5, 0.6) is 11.5 Å². The number of rotatable bonds is 12. The maximum absolute atomic E-state index is 13.6. The molecule has 0 aliphatic carbocycles. The number of aryl methyl sites for hydroxylation is 1. The molecular formula is C26H28N8O7S. The highest BCUT2D eigenvalue weighted by molar-refractivity contribution is 7.92. The van der Waals surface area contributed by atoms with E-state index >= 15 is 0 Å². The molecule has 0 saturated carbocycles. The van der Waals surface area contributed by atoms with Gasteiger partial charge in [-0.15, -0.1) is 0 Å². The summed E-state index contributed by atoms with van der Waals surface area (Å²) < 4.78 is 52.9. The number of carbonyl (C=O) groups excluding carboxylic acids is 1. The van der Waals surface area contributed by atoms with Gasteiger partial charge in [-0.1, -0.05) is 18.1 Å². The van der Waals surface area contributed by atoms with Gasteiger partial charge in [0, 0.05) is 18.3 Å². The second-order valence-corrected chi connectivity index (χ2v) is 10.7. The molecule has 5 aromatic rings. The van der Waals surface area contributed by atoms with Crippen molar-refractivity contribution in [2.45, 2.75) is 37.9 Å². The van der Waals surface area contributed by atoms with Crippen molar-refractivity contribution in [1.29, 1.82) is 0 Å². The van der Waals surface area contributed by atoms with Crippen molar-refractivity contribution >= 4 is 32.9 Å². The Morgan fingerprint density at radius 3 is 2.71 bits per heavy atom. The van der Waals surface area contributed by atoms with Crippen molar-refractivity contribution in [2.24, 2.45) is 0 Å². The van der Waals surface area contributed by atoms with Crippen LogP contribution in [0.4, 0.5) is 10.6 Å². The fourth-order valence-electron chi connectivity index (χ4n) is 4.16. The summed E-state index contributed by atoms with van der Waals surface area (Å²) in [5, 5.41) is 17.8. The number of fused-ring (bicyclic) bond motifs is 1. The van der Waals surface area contributed by atoms with Crippen molar-refractivity contribution in [3.63, 3.8) is 0 Å². The zero-order chi connectivity index (χ0) is 29.7. The predicted octanol–water partition coefficient (Wildman–Crippen LogP) is 3.00. The number of nitrogens with one attached hydrogen (secondary N) is 3. The Kier molecular flexibility index (Phi) is 8.24. The quantitative estimate of drug-likeness (QED) is 0.192. The van der Waals surface area contributed by atoms with Crippen molar-refractivity contribution < 1.29 is 31.9 Å². The molecule has 15 nitrogen and oxygen atoms in total. The monoisotopic (exact) mass is 596 g/mol. The summed E-state index contributed by atoms with van der Waals surface area (Å²) >= 11 is 0. The van der Waals surface area contributed by atoms with Gasteiger partial charge in [-0.25, -0.2) is 18.2 Å². The summed E-state index contributed by atoms with van der Waals surface area (Å²) in [6.45, 7) is 2.50. The molecule has 0 fully saturated rings. The van der Waals surface area contributed by atoms with Gasteiger partial charge in [0.05, 0.1) is 27.0 Å². The Bertz CT molecular complexity index is 1800. The fraction of sp³-hybridized carbons (Fsp3) is 0.269. The zero-order valence-corrected chi connectivity index (χ0v) is 23.8. The highest BCUT2D eigenvalue weighted by Crippen LogP contribution is 2.36. The van der Waals surface area contributed by atoms with Gasteiger partial charge in [-0.3, -0.25) is 14.5 Å². The average Bonchev–Trinajstić information content (AvgIpc) is 3.76. The number of anilines is 1. The first-order valence-electron chi connectivity index (χ1n) is 12.7. The SMILES string of the molecule is CCc1ccc(OCc2nc[nH]n2)c(S(=O)(=O)Nc2noc3cc(Cn4cc(CNC(=O)OC)cn4)cc(OC)c23)c1. The van der Waals surface area contributed by atoms with Crippen LogP contribution in [-0.4, -0.2) is 58.8 Å². The fourth-order valence-corrected chi connectivity index (χ4v) is 5.36. The molecule has 3 heterocycles. The van der Waals surface area contributed by atoms with Gasteiger partial charge < -0.3 is 24.1 Å². The van der Waals surface area contributed by atoms with E-state index in [1.165, 1.54) is 20.5 Å². The molecule has 0 unspecified atom stereocenters. The molecule has 0 aliphatic rings. The number of aromatic nitrogens is 6. The van der Waals surface area contributed by atoms with Gasteiger partial charge >= 0.3 is 6.09 Å². The highest BCUT2D eigenvalue weighted by Gasteiger charge is 2.25. The molecule has 16 heteroatoms. The van der Waals surface area contributed by atoms with Crippen LogP contribution in [0.1, 0.15) is 29.4 Å². The van der Waals surface area contributed by atoms with Crippen LogP contribution in [0.3, 0.4) is 0 Å². The van der Waals surface area contributed by atoms with Crippen molar-refractivity contribution in [1.82, 2.24) is 35.4 Å². The molecule has 1 amide bonds. The first-order valence-corrected chi connectivity index (χ1v) is 14.2. The molecule has 0 bridgehead atoms. The van der Waals surface area contributed by atoms with E-state index in [1.807, 2.05) is 6.92 Å². The number of carbonyl (C=O) groups is 1. The lowest BCUT2D eigenvalue weighted by molar-refractivity contribution is 0.170. The summed E-state index contributed by atoms with van der Waals surface area (Å²) in [5.74, 6) is 0.820. The Morgan fingerprint density at radius 1 is 1.12 bits per heavy atom. The lowest BCUT2D eigenvalue weighted by atomic mass is 10.1. The van der Waals surface area contributed by atoms with Gasteiger partial charge in [0.1, 0.15) is 34.7 Å². The number of H-pyrrole nitrogens is 1. The van der Waals surface area contributed by atoms with Crippen LogP contribution in [0.2, 0.25) is 0 Å². The summed E-state index contributed by atoms with van der Waals surface area (Å²) in [5.41, 5.74) is 2.65. The van der Waals surface area contributed by atoms with Gasteiger partial charge in [-0.2, -0.15) is 10.2 Å². The number of benzene rings is 2. The van der Waals surface area contributed by atoms with Gasteiger partial charge in [0.15, 0.2) is 17.2 Å². The second-order valence-electron chi connectivity index (χ2n) is 9.04. The minimum absolute atomic E-state index is 0.0273. The second kappa shape index (κ2) is 12.2. The lowest BCUT2D eigenvalue weighted by Gasteiger charge is -2.13. The molecular weight excluding hydrogens is 568 g/mol. The minimum Gasteiger partial charge on any atom is -0.496 e. The number of amides is 1. The summed E-state index contributed by atoms with van der Waals surface area (Å²) in [4.78, 5) is 15.3. The van der Waals surface area contributed by atoms with Gasteiger partial charge in [0.2, 0.25) is 0 Å².